The van der Waals surface area contributed by atoms with Crippen molar-refractivity contribution in [1.29, 1.82) is 0 Å². The molecular formula is C27H52N2O4. The van der Waals surface area contributed by atoms with Gasteiger partial charge in [0, 0.05) is 12.8 Å². The number of hydrogen-bond donors (Lipinski definition) is 3. The molecule has 0 aliphatic rings. The highest BCUT2D eigenvalue weighted by Crippen LogP contribution is 2.14. The third-order valence-corrected chi connectivity index (χ3v) is 6.32. The topological polar surface area (TPSA) is 109 Å². The highest BCUT2D eigenvalue weighted by Gasteiger charge is 2.20. The van der Waals surface area contributed by atoms with E-state index in [9.17, 15) is 14.4 Å². The molecule has 0 rings (SSSR count). The Bertz CT molecular complexity index is 497. The minimum atomic E-state index is -1.13. The lowest BCUT2D eigenvalue weighted by Gasteiger charge is -2.13. The van der Waals surface area contributed by atoms with Crippen LogP contribution < -0.4 is 11.1 Å². The molecule has 0 aliphatic heterocycles. The zero-order chi connectivity index (χ0) is 24.6. The molecule has 0 aromatic carbocycles. The van der Waals surface area contributed by atoms with Crippen molar-refractivity contribution >= 4 is 17.8 Å². The maximum Gasteiger partial charge on any atom is 0.326 e. The molecular weight excluding hydrogens is 416 g/mol. The van der Waals surface area contributed by atoms with Crippen molar-refractivity contribution < 1.29 is 19.5 Å². The zero-order valence-corrected chi connectivity index (χ0v) is 21.4. The van der Waals surface area contributed by atoms with E-state index in [4.69, 9.17) is 10.8 Å². The summed E-state index contributed by atoms with van der Waals surface area (Å²) in [6, 6.07) is -1.04. The lowest BCUT2D eigenvalue weighted by molar-refractivity contribution is -0.142. The summed E-state index contributed by atoms with van der Waals surface area (Å²) in [6.07, 6.45) is 25.1. The van der Waals surface area contributed by atoms with Crippen molar-refractivity contribution in [3.8, 4) is 0 Å². The first-order chi connectivity index (χ1) is 16.0. The van der Waals surface area contributed by atoms with Crippen molar-refractivity contribution in [3.05, 3.63) is 0 Å². The summed E-state index contributed by atoms with van der Waals surface area (Å²) >= 11 is 0. The average molecular weight is 469 g/mol. The molecule has 0 spiro atoms. The van der Waals surface area contributed by atoms with Gasteiger partial charge in [0.2, 0.25) is 11.8 Å². The van der Waals surface area contributed by atoms with Gasteiger partial charge in [0.25, 0.3) is 0 Å². The summed E-state index contributed by atoms with van der Waals surface area (Å²) in [6.45, 7) is 2.27. The third kappa shape index (κ3) is 23.4. The first kappa shape index (κ1) is 31.4. The van der Waals surface area contributed by atoms with E-state index in [2.05, 4.69) is 12.2 Å². The van der Waals surface area contributed by atoms with Crippen molar-refractivity contribution in [3.63, 3.8) is 0 Å². The van der Waals surface area contributed by atoms with Gasteiger partial charge in [-0.15, -0.1) is 0 Å². The highest BCUT2D eigenvalue weighted by atomic mass is 16.4. The maximum absolute atomic E-state index is 11.9. The monoisotopic (exact) mass is 468 g/mol. The molecule has 0 fully saturated rings. The molecule has 194 valence electrons. The number of aliphatic carboxylic acids is 1. The van der Waals surface area contributed by atoms with Crippen LogP contribution in [0.25, 0.3) is 0 Å². The predicted molar refractivity (Wildman–Crippen MR) is 136 cm³/mol. The molecule has 6 heteroatoms. The van der Waals surface area contributed by atoms with Crippen molar-refractivity contribution in [1.82, 2.24) is 5.32 Å². The van der Waals surface area contributed by atoms with Gasteiger partial charge >= 0.3 is 5.97 Å². The quantitative estimate of drug-likeness (QED) is 0.130. The van der Waals surface area contributed by atoms with Crippen LogP contribution in [0.2, 0.25) is 0 Å². The zero-order valence-electron chi connectivity index (χ0n) is 21.4. The molecule has 2 amide bonds. The molecule has 0 saturated heterocycles. The lowest BCUT2D eigenvalue weighted by Crippen LogP contribution is -2.41. The smallest absolute Gasteiger partial charge is 0.326 e. The minimum Gasteiger partial charge on any atom is -0.480 e. The highest BCUT2D eigenvalue weighted by molar-refractivity contribution is 5.84. The van der Waals surface area contributed by atoms with Crippen LogP contribution in [-0.4, -0.2) is 28.9 Å². The van der Waals surface area contributed by atoms with Gasteiger partial charge in [-0.05, 0) is 12.8 Å². The standard InChI is InChI=1S/C27H52N2O4/c1-2-3-4-5-6-7-8-9-10-11-12-13-14-15-16-17-18-19-20-21-26(31)29-24(27(32)33)22-23-25(28)30/h24H,2-23H2,1H3,(H2,28,30)(H,29,31)(H,32,33)/t24-/m0/s1. The Labute approximate surface area is 202 Å². The number of amides is 2. The van der Waals surface area contributed by atoms with Crippen LogP contribution in [0.15, 0.2) is 0 Å². The van der Waals surface area contributed by atoms with Gasteiger partial charge < -0.3 is 16.2 Å². The number of nitrogens with one attached hydrogen (secondary N) is 1. The van der Waals surface area contributed by atoms with Gasteiger partial charge in [-0.3, -0.25) is 9.59 Å². The van der Waals surface area contributed by atoms with E-state index in [-0.39, 0.29) is 18.7 Å². The van der Waals surface area contributed by atoms with E-state index in [0.717, 1.165) is 19.3 Å². The Morgan fingerprint density at radius 1 is 0.636 bits per heavy atom. The number of carboxylic acid groups (broad SMARTS) is 1. The second kappa shape index (κ2) is 23.6. The molecule has 0 unspecified atom stereocenters. The van der Waals surface area contributed by atoms with Crippen LogP contribution in [0.3, 0.4) is 0 Å². The van der Waals surface area contributed by atoms with Crippen molar-refractivity contribution in [2.24, 2.45) is 5.73 Å². The molecule has 0 radical (unpaired) electrons. The summed E-state index contributed by atoms with van der Waals surface area (Å²) in [5.41, 5.74) is 5.04. The Hall–Kier alpha value is -1.59. The molecule has 0 heterocycles. The minimum absolute atomic E-state index is 0.0373. The van der Waals surface area contributed by atoms with Gasteiger partial charge in [-0.2, -0.15) is 0 Å². The summed E-state index contributed by atoms with van der Waals surface area (Å²) in [4.78, 5) is 33.8. The number of carboxylic acids is 1. The van der Waals surface area contributed by atoms with E-state index < -0.39 is 17.9 Å². The van der Waals surface area contributed by atoms with Crippen LogP contribution in [0, 0.1) is 0 Å². The van der Waals surface area contributed by atoms with Gasteiger partial charge in [0.05, 0.1) is 0 Å². The number of rotatable bonds is 25. The Morgan fingerprint density at radius 3 is 1.33 bits per heavy atom. The molecule has 33 heavy (non-hydrogen) atoms. The van der Waals surface area contributed by atoms with Gasteiger partial charge in [-0.1, -0.05) is 122 Å². The first-order valence-electron chi connectivity index (χ1n) is 13.8. The third-order valence-electron chi connectivity index (χ3n) is 6.32. The molecule has 0 aromatic rings. The van der Waals surface area contributed by atoms with Crippen molar-refractivity contribution in [2.45, 2.75) is 154 Å². The Balaban J connectivity index is 3.37. The largest absolute Gasteiger partial charge is 0.480 e. The molecule has 0 aromatic heterocycles. The Morgan fingerprint density at radius 2 is 1.00 bits per heavy atom. The van der Waals surface area contributed by atoms with E-state index in [0.29, 0.717) is 6.42 Å². The van der Waals surface area contributed by atoms with E-state index in [1.165, 1.54) is 103 Å². The molecule has 0 bridgehead atoms. The fourth-order valence-electron chi connectivity index (χ4n) is 4.17. The second-order valence-electron chi connectivity index (χ2n) is 9.58. The summed E-state index contributed by atoms with van der Waals surface area (Å²) in [7, 11) is 0. The van der Waals surface area contributed by atoms with E-state index in [1.807, 2.05) is 0 Å². The predicted octanol–water partition coefficient (Wildman–Crippen LogP) is 6.64. The van der Waals surface area contributed by atoms with Gasteiger partial charge in [0.1, 0.15) is 6.04 Å². The number of primary amides is 1. The summed E-state index contributed by atoms with van der Waals surface area (Å²) < 4.78 is 0. The number of nitrogens with two attached hydrogens (primary N) is 1. The normalized spacial score (nSPS) is 11.9. The first-order valence-corrected chi connectivity index (χ1v) is 13.8. The summed E-state index contributed by atoms with van der Waals surface area (Å²) in [5.74, 6) is -1.95. The van der Waals surface area contributed by atoms with Crippen LogP contribution in [0.4, 0.5) is 0 Å². The fourth-order valence-corrected chi connectivity index (χ4v) is 4.17. The van der Waals surface area contributed by atoms with Gasteiger partial charge in [-0.25, -0.2) is 4.79 Å². The van der Waals surface area contributed by atoms with E-state index >= 15 is 0 Å². The van der Waals surface area contributed by atoms with Crippen LogP contribution in [0.1, 0.15) is 148 Å². The molecule has 0 aliphatic carbocycles. The molecule has 4 N–H and O–H groups in total. The average Bonchev–Trinajstić information content (AvgIpc) is 2.77. The van der Waals surface area contributed by atoms with E-state index in [1.54, 1.807) is 0 Å². The number of carbonyl (C=O) groups excluding carboxylic acids is 2. The van der Waals surface area contributed by atoms with Gasteiger partial charge in [0.15, 0.2) is 0 Å². The number of hydrogen-bond acceptors (Lipinski definition) is 3. The molecule has 0 saturated carbocycles. The Kier molecular flexibility index (Phi) is 22.4. The molecule has 6 nitrogen and oxygen atoms in total. The van der Waals surface area contributed by atoms with Crippen LogP contribution >= 0.6 is 0 Å². The second-order valence-corrected chi connectivity index (χ2v) is 9.58. The van der Waals surface area contributed by atoms with Crippen LogP contribution in [0.5, 0.6) is 0 Å². The SMILES string of the molecule is CCCCCCCCCCCCCCCCCCCCCC(=O)N[C@@H](CCC(N)=O)C(=O)O. The molecule has 1 atom stereocenters. The lowest BCUT2D eigenvalue weighted by atomic mass is 10.0. The maximum atomic E-state index is 11.9. The number of unbranched alkanes of at least 4 members (excludes halogenated alkanes) is 18. The summed E-state index contributed by atoms with van der Waals surface area (Å²) in [5, 5.41) is 11.6. The number of carbonyl (C=O) groups is 3. The van der Waals surface area contributed by atoms with Crippen molar-refractivity contribution in [2.75, 3.05) is 0 Å². The van der Waals surface area contributed by atoms with Crippen LogP contribution in [-0.2, 0) is 14.4 Å². The fraction of sp³-hybridized carbons (Fsp3) is 0.889.